The number of carbonyl (C=O) groups excluding carboxylic acids is 1. The van der Waals surface area contributed by atoms with Crippen molar-refractivity contribution in [2.24, 2.45) is 0 Å². The van der Waals surface area contributed by atoms with Gasteiger partial charge in [0, 0.05) is 24.7 Å². The topological polar surface area (TPSA) is 81.5 Å². The van der Waals surface area contributed by atoms with Crippen molar-refractivity contribution in [1.29, 1.82) is 0 Å². The number of amides is 1. The van der Waals surface area contributed by atoms with Crippen molar-refractivity contribution >= 4 is 32.7 Å². The van der Waals surface area contributed by atoms with Gasteiger partial charge >= 0.3 is 0 Å². The Morgan fingerprint density at radius 1 is 1.00 bits per heavy atom. The molecule has 0 bridgehead atoms. The Bertz CT molecular complexity index is 1290. The third kappa shape index (κ3) is 4.31. The zero-order valence-corrected chi connectivity index (χ0v) is 20.3. The van der Waals surface area contributed by atoms with Crippen LogP contribution in [0.3, 0.4) is 0 Å². The second-order valence-corrected chi connectivity index (χ2v) is 9.29. The minimum atomic E-state index is -0.0451. The molecule has 2 aromatic heterocycles. The zero-order valence-electron chi connectivity index (χ0n) is 19.4. The lowest BCUT2D eigenvalue weighted by Crippen LogP contribution is -2.44. The van der Waals surface area contributed by atoms with E-state index in [1.165, 1.54) is 0 Å². The maximum Gasteiger partial charge on any atom is 0.251 e. The van der Waals surface area contributed by atoms with Gasteiger partial charge in [0.25, 0.3) is 5.91 Å². The first-order valence-electron chi connectivity index (χ1n) is 11.3. The molecule has 4 aromatic rings. The Hall–Kier alpha value is -3.59. The van der Waals surface area contributed by atoms with Crippen molar-refractivity contribution in [3.8, 4) is 17.2 Å². The van der Waals surface area contributed by atoms with E-state index >= 15 is 0 Å². The van der Waals surface area contributed by atoms with E-state index in [0.717, 1.165) is 64.3 Å². The van der Waals surface area contributed by atoms with Crippen molar-refractivity contribution in [2.45, 2.75) is 25.8 Å². The van der Waals surface area contributed by atoms with E-state index in [1.807, 2.05) is 35.9 Å². The number of aryl methyl sites for hydroxylation is 1. The highest BCUT2D eigenvalue weighted by Gasteiger charge is 2.25. The summed E-state index contributed by atoms with van der Waals surface area (Å²) < 4.78 is 13.4. The number of aromatic nitrogens is 3. The molecule has 0 saturated carbocycles. The molecule has 0 spiro atoms. The van der Waals surface area contributed by atoms with Crippen LogP contribution in [0.25, 0.3) is 16.0 Å². The van der Waals surface area contributed by atoms with Gasteiger partial charge in [-0.2, -0.15) is 10.1 Å². The molecule has 1 aliphatic rings. The maximum atomic E-state index is 12.6. The third-order valence-electron chi connectivity index (χ3n) is 6.15. The van der Waals surface area contributed by atoms with Gasteiger partial charge in [-0.25, -0.2) is 4.68 Å². The number of ether oxygens (including phenoxy) is 2. The summed E-state index contributed by atoms with van der Waals surface area (Å²) in [6.45, 7) is 3.71. The minimum Gasteiger partial charge on any atom is -0.497 e. The first-order valence-corrected chi connectivity index (χ1v) is 12.1. The average Bonchev–Trinajstić information content (AvgIpc) is 3.45. The molecule has 0 atom stereocenters. The van der Waals surface area contributed by atoms with Gasteiger partial charge in [-0.05, 0) is 68.3 Å². The van der Waals surface area contributed by atoms with Crippen LogP contribution in [0, 0.1) is 6.92 Å². The first-order chi connectivity index (χ1) is 16.6. The highest BCUT2D eigenvalue weighted by molar-refractivity contribution is 7.22. The Balaban J connectivity index is 1.26. The van der Waals surface area contributed by atoms with Gasteiger partial charge in [-0.1, -0.05) is 11.3 Å². The van der Waals surface area contributed by atoms with E-state index in [2.05, 4.69) is 10.2 Å². The van der Waals surface area contributed by atoms with Gasteiger partial charge in [0.15, 0.2) is 10.8 Å². The molecule has 0 radical (unpaired) electrons. The smallest absolute Gasteiger partial charge is 0.251 e. The highest BCUT2D eigenvalue weighted by Crippen LogP contribution is 2.34. The molecule has 2 aromatic carbocycles. The van der Waals surface area contributed by atoms with Crippen molar-refractivity contribution in [3.63, 3.8) is 0 Å². The van der Waals surface area contributed by atoms with Gasteiger partial charge in [0.2, 0.25) is 0 Å². The molecule has 1 N–H and O–H groups in total. The van der Waals surface area contributed by atoms with Crippen molar-refractivity contribution < 1.29 is 14.3 Å². The number of hydrogen-bond donors (Lipinski definition) is 1. The quantitative estimate of drug-likeness (QED) is 0.448. The number of piperidine rings is 1. The van der Waals surface area contributed by atoms with Crippen LogP contribution in [0.4, 0.5) is 5.13 Å². The van der Waals surface area contributed by atoms with Crippen LogP contribution in [-0.2, 0) is 0 Å². The molecule has 34 heavy (non-hydrogen) atoms. The number of fused-ring (bicyclic) bond motifs is 1. The number of benzene rings is 2. The molecule has 9 heteroatoms. The SMILES string of the molecule is COc1ccc(C(=O)NC2CCN(c3nc4c(s3)c(C)nn4-c3ccc(OC)cc3)CC2)cc1. The fourth-order valence-corrected chi connectivity index (χ4v) is 5.23. The molecular weight excluding hydrogens is 450 g/mol. The molecule has 1 amide bonds. The number of rotatable bonds is 6. The minimum absolute atomic E-state index is 0.0451. The molecule has 8 nitrogen and oxygen atoms in total. The monoisotopic (exact) mass is 477 g/mol. The average molecular weight is 478 g/mol. The van der Waals surface area contributed by atoms with Crippen LogP contribution in [0.2, 0.25) is 0 Å². The second-order valence-electron chi connectivity index (χ2n) is 8.31. The summed E-state index contributed by atoms with van der Waals surface area (Å²) >= 11 is 1.68. The summed E-state index contributed by atoms with van der Waals surface area (Å²) in [6, 6.07) is 15.2. The predicted octanol–water partition coefficient (Wildman–Crippen LogP) is 4.21. The van der Waals surface area contributed by atoms with E-state index in [1.54, 1.807) is 49.8 Å². The summed E-state index contributed by atoms with van der Waals surface area (Å²) in [6.07, 6.45) is 1.75. The lowest BCUT2D eigenvalue weighted by atomic mass is 10.0. The molecule has 1 aliphatic heterocycles. The lowest BCUT2D eigenvalue weighted by molar-refractivity contribution is 0.0931. The molecule has 5 rings (SSSR count). The van der Waals surface area contributed by atoms with Crippen LogP contribution in [0.5, 0.6) is 11.5 Å². The fourth-order valence-electron chi connectivity index (χ4n) is 4.19. The second kappa shape index (κ2) is 9.34. The number of anilines is 1. The number of methoxy groups -OCH3 is 2. The van der Waals surface area contributed by atoms with Crippen LogP contribution in [-0.4, -0.2) is 54.0 Å². The van der Waals surface area contributed by atoms with Gasteiger partial charge in [-0.3, -0.25) is 4.79 Å². The Morgan fingerprint density at radius 2 is 1.62 bits per heavy atom. The number of carbonyl (C=O) groups is 1. The van der Waals surface area contributed by atoms with E-state index in [-0.39, 0.29) is 11.9 Å². The van der Waals surface area contributed by atoms with E-state index < -0.39 is 0 Å². The third-order valence-corrected chi connectivity index (χ3v) is 7.36. The summed E-state index contributed by atoms with van der Waals surface area (Å²) in [7, 11) is 3.27. The molecular formula is C25H27N5O3S. The summed E-state index contributed by atoms with van der Waals surface area (Å²) in [4.78, 5) is 19.8. The normalized spacial score (nSPS) is 14.4. The van der Waals surface area contributed by atoms with E-state index in [9.17, 15) is 4.79 Å². The van der Waals surface area contributed by atoms with Crippen LogP contribution < -0.4 is 19.7 Å². The van der Waals surface area contributed by atoms with Crippen molar-refractivity contribution in [2.75, 3.05) is 32.2 Å². The molecule has 1 fully saturated rings. The van der Waals surface area contributed by atoms with Crippen LogP contribution >= 0.6 is 11.3 Å². The predicted molar refractivity (Wildman–Crippen MR) is 134 cm³/mol. The summed E-state index contributed by atoms with van der Waals surface area (Å²) in [5.41, 5.74) is 3.44. The van der Waals surface area contributed by atoms with E-state index in [0.29, 0.717) is 5.56 Å². The molecule has 176 valence electrons. The fraction of sp³-hybridized carbons (Fsp3) is 0.320. The van der Waals surface area contributed by atoms with Crippen LogP contribution in [0.15, 0.2) is 48.5 Å². The van der Waals surface area contributed by atoms with Gasteiger partial charge < -0.3 is 19.7 Å². The van der Waals surface area contributed by atoms with Gasteiger partial charge in [0.05, 0.1) is 30.3 Å². The van der Waals surface area contributed by atoms with Crippen molar-refractivity contribution in [1.82, 2.24) is 20.1 Å². The zero-order chi connectivity index (χ0) is 23.7. The first kappa shape index (κ1) is 22.2. The Labute approximate surface area is 202 Å². The van der Waals surface area contributed by atoms with Gasteiger partial charge in [0.1, 0.15) is 11.5 Å². The largest absolute Gasteiger partial charge is 0.497 e. The summed E-state index contributed by atoms with van der Waals surface area (Å²) in [5, 5.41) is 8.86. The Morgan fingerprint density at radius 3 is 2.24 bits per heavy atom. The van der Waals surface area contributed by atoms with Crippen LogP contribution in [0.1, 0.15) is 28.9 Å². The maximum absolute atomic E-state index is 12.6. The highest BCUT2D eigenvalue weighted by atomic mass is 32.1. The summed E-state index contributed by atoms with van der Waals surface area (Å²) in [5.74, 6) is 1.51. The Kier molecular flexibility index (Phi) is 6.10. The molecule has 0 aliphatic carbocycles. The van der Waals surface area contributed by atoms with E-state index in [4.69, 9.17) is 19.6 Å². The van der Waals surface area contributed by atoms with Gasteiger partial charge in [-0.15, -0.1) is 0 Å². The molecule has 0 unspecified atom stereocenters. The van der Waals surface area contributed by atoms with Crippen molar-refractivity contribution in [3.05, 3.63) is 59.8 Å². The molecule has 3 heterocycles. The number of nitrogens with one attached hydrogen (secondary N) is 1. The standard InChI is InChI=1S/C25H27N5O3S/c1-16-22-23(30(28-16)19-6-10-21(33-3)11-7-19)27-25(34-22)29-14-12-18(13-15-29)26-24(31)17-4-8-20(32-2)9-5-17/h4-11,18H,12-15H2,1-3H3,(H,26,31). The number of thiazole rings is 1. The number of hydrogen-bond acceptors (Lipinski definition) is 7. The molecule has 1 saturated heterocycles. The lowest BCUT2D eigenvalue weighted by Gasteiger charge is -2.32. The number of nitrogens with zero attached hydrogens (tertiary/aromatic N) is 4.